The van der Waals surface area contributed by atoms with Crippen LogP contribution in [0.25, 0.3) is 0 Å². The molecule has 0 aromatic heterocycles. The van der Waals surface area contributed by atoms with Gasteiger partial charge in [-0.15, -0.1) is 0 Å². The van der Waals surface area contributed by atoms with Gasteiger partial charge in [0.2, 0.25) is 0 Å². The summed E-state index contributed by atoms with van der Waals surface area (Å²) in [5, 5.41) is 11.8. The molecule has 0 bridgehead atoms. The Morgan fingerprint density at radius 2 is 2.12 bits per heavy atom. The highest BCUT2D eigenvalue weighted by Gasteiger charge is 2.26. The zero-order valence-electron chi connectivity index (χ0n) is 9.43. The monoisotopic (exact) mass is 240 g/mol. The lowest BCUT2D eigenvalue weighted by atomic mass is 10.2. The number of carbonyl (C=O) groups is 1. The lowest BCUT2D eigenvalue weighted by Crippen LogP contribution is -2.37. The van der Waals surface area contributed by atoms with E-state index in [4.69, 9.17) is 15.6 Å². The van der Waals surface area contributed by atoms with E-state index in [0.717, 1.165) is 25.0 Å². The lowest BCUT2D eigenvalue weighted by Gasteiger charge is -2.14. The number of benzene rings is 1. The fraction of sp³-hybridized carbons (Fsp3) is 0.417. The summed E-state index contributed by atoms with van der Waals surface area (Å²) < 4.78 is 5.74. The first-order chi connectivity index (χ1) is 8.13. The normalized spacial score (nSPS) is 23.3. The van der Waals surface area contributed by atoms with Gasteiger partial charge in [0.15, 0.2) is 0 Å². The first-order valence-corrected chi connectivity index (χ1v) is 5.65. The lowest BCUT2D eigenvalue weighted by molar-refractivity contribution is 0.205. The molecule has 2 rings (SSSR count). The van der Waals surface area contributed by atoms with Gasteiger partial charge in [0.05, 0.1) is 0 Å². The molecule has 1 aliphatic rings. The molecule has 1 aromatic rings. The summed E-state index contributed by atoms with van der Waals surface area (Å²) in [4.78, 5) is 10.7. The molecule has 0 aliphatic heterocycles. The highest BCUT2D eigenvalue weighted by Crippen LogP contribution is 2.25. The fourth-order valence-corrected chi connectivity index (χ4v) is 2.10. The van der Waals surface area contributed by atoms with Crippen LogP contribution in [0.3, 0.4) is 0 Å². The van der Waals surface area contributed by atoms with E-state index in [1.165, 1.54) is 0 Å². The van der Waals surface area contributed by atoms with Crippen molar-refractivity contribution in [2.75, 3.05) is 0 Å². The van der Waals surface area contributed by atoms with E-state index in [0.29, 0.717) is 0 Å². The molecule has 96 valence electrons. The zero-order chi connectivity index (χ0) is 12.3. The van der Waals surface area contributed by atoms with Crippen LogP contribution in [0.1, 0.15) is 22.1 Å². The van der Waals surface area contributed by atoms with Gasteiger partial charge < -0.3 is 20.9 Å². The van der Waals surface area contributed by atoms with Gasteiger partial charge in [-0.1, -0.05) is 0 Å². The van der Waals surface area contributed by atoms with Gasteiger partial charge in [-0.2, -0.15) is 0 Å². The summed E-state index contributed by atoms with van der Waals surface area (Å²) in [6.45, 7) is 0. The number of ether oxygens (including phenoxy) is 1. The molecule has 1 saturated carbocycles. The van der Waals surface area contributed by atoms with Crippen LogP contribution >= 0.6 is 0 Å². The van der Waals surface area contributed by atoms with Crippen LogP contribution < -0.4 is 15.8 Å². The average Bonchev–Trinajstić information content (AvgIpc) is 2.68. The van der Waals surface area contributed by atoms with Crippen LogP contribution in [0.5, 0.6) is 11.5 Å². The average molecular weight is 240 g/mol. The van der Waals surface area contributed by atoms with E-state index < -0.39 is 6.03 Å². The Morgan fingerprint density at radius 1 is 1.41 bits per heavy atom. The molecule has 2 amide bonds. The molecule has 0 saturated heterocycles. The number of urea groups is 1. The van der Waals surface area contributed by atoms with Crippen molar-refractivity contribution in [1.82, 2.24) is 5.32 Å². The van der Waals surface area contributed by atoms with Crippen molar-refractivity contribution in [2.24, 2.45) is 5.73 Å². The van der Waals surface area contributed by atoms with Crippen molar-refractivity contribution in [3.63, 3.8) is 0 Å². The molecule has 5 nitrogen and oxygen atoms in total. The predicted molar refractivity (Wildman–Crippen MR) is 67.1 cm³/mol. The largest absolute Gasteiger partial charge is 0.508 e. The van der Waals surface area contributed by atoms with E-state index in [-0.39, 0.29) is 20.7 Å². The Labute approximate surface area is 103 Å². The number of nitrogens with two attached hydrogens (primary N) is 1. The molecule has 0 radical (unpaired) electrons. The summed E-state index contributed by atoms with van der Waals surface area (Å²) in [6, 6.07) is 6.25. The van der Waals surface area contributed by atoms with Crippen molar-refractivity contribution >= 4 is 6.03 Å². The third kappa shape index (κ3) is 3.27. The minimum Gasteiger partial charge on any atom is -0.508 e. The standard InChI is InChI=1S/C12H16N2O3.2H2/c13-12(16)14-8-1-4-11(7-8)17-10-5-2-9(15)3-6-10;;/h2-3,5-6,8,11,15H,1,4,7H2,(H3,13,14,16);2*1H. The fourth-order valence-electron chi connectivity index (χ4n) is 2.10. The third-order valence-corrected chi connectivity index (χ3v) is 2.87. The number of carbonyl (C=O) groups excluding carboxylic acids is 1. The number of hydrogen-bond acceptors (Lipinski definition) is 3. The molecule has 1 fully saturated rings. The van der Waals surface area contributed by atoms with Gasteiger partial charge in [0, 0.05) is 15.3 Å². The summed E-state index contributed by atoms with van der Waals surface area (Å²) >= 11 is 0. The second-order valence-corrected chi connectivity index (χ2v) is 4.25. The number of primary amides is 1. The van der Waals surface area contributed by atoms with Gasteiger partial charge in [-0.3, -0.25) is 0 Å². The summed E-state index contributed by atoms with van der Waals surface area (Å²) in [7, 11) is 0. The van der Waals surface area contributed by atoms with Crippen LogP contribution in [0.15, 0.2) is 24.3 Å². The zero-order valence-corrected chi connectivity index (χ0v) is 9.43. The number of phenols is 1. The SMILES string of the molecule is NC(=O)NC1CCC(Oc2ccc(O)cc2)C1.[HH].[HH]. The molecule has 1 aliphatic carbocycles. The van der Waals surface area contributed by atoms with Crippen LogP contribution in [-0.2, 0) is 0 Å². The molecule has 0 heterocycles. The Balaban J connectivity index is 0.00000162. The first-order valence-electron chi connectivity index (χ1n) is 5.65. The molecule has 2 unspecified atom stereocenters. The Hall–Kier alpha value is -1.91. The van der Waals surface area contributed by atoms with Crippen LogP contribution in [-0.4, -0.2) is 23.3 Å². The third-order valence-electron chi connectivity index (χ3n) is 2.87. The van der Waals surface area contributed by atoms with Gasteiger partial charge >= 0.3 is 6.03 Å². The van der Waals surface area contributed by atoms with Gasteiger partial charge in [-0.05, 0) is 37.1 Å². The van der Waals surface area contributed by atoms with Gasteiger partial charge in [0.25, 0.3) is 0 Å². The molecule has 17 heavy (non-hydrogen) atoms. The van der Waals surface area contributed by atoms with Crippen molar-refractivity contribution < 1.29 is 17.5 Å². The smallest absolute Gasteiger partial charge is 0.312 e. The Morgan fingerprint density at radius 3 is 2.76 bits per heavy atom. The van der Waals surface area contributed by atoms with Crippen molar-refractivity contribution in [3.8, 4) is 11.5 Å². The predicted octanol–water partition coefficient (Wildman–Crippen LogP) is 1.85. The molecule has 0 spiro atoms. The van der Waals surface area contributed by atoms with Crippen molar-refractivity contribution in [1.29, 1.82) is 0 Å². The van der Waals surface area contributed by atoms with E-state index in [2.05, 4.69) is 5.32 Å². The molecule has 4 N–H and O–H groups in total. The maximum absolute atomic E-state index is 10.7. The molecule has 1 aromatic carbocycles. The molecule has 2 atom stereocenters. The topological polar surface area (TPSA) is 84.6 Å². The summed E-state index contributed by atoms with van der Waals surface area (Å²) in [5.41, 5.74) is 5.07. The highest BCUT2D eigenvalue weighted by atomic mass is 16.5. The Bertz CT molecular complexity index is 400. The van der Waals surface area contributed by atoms with Crippen LogP contribution in [0.2, 0.25) is 0 Å². The van der Waals surface area contributed by atoms with E-state index >= 15 is 0 Å². The number of nitrogens with one attached hydrogen (secondary N) is 1. The van der Waals surface area contributed by atoms with Gasteiger partial charge in [-0.25, -0.2) is 4.79 Å². The molecule has 5 heteroatoms. The van der Waals surface area contributed by atoms with Crippen LogP contribution in [0, 0.1) is 0 Å². The minimum atomic E-state index is -0.486. The van der Waals surface area contributed by atoms with Gasteiger partial charge in [0.1, 0.15) is 17.6 Å². The quantitative estimate of drug-likeness (QED) is 0.753. The first kappa shape index (κ1) is 11.6. The van der Waals surface area contributed by atoms with E-state index in [1.54, 1.807) is 24.3 Å². The minimum absolute atomic E-state index is 0. The van der Waals surface area contributed by atoms with Crippen LogP contribution in [0.4, 0.5) is 4.79 Å². The number of aromatic hydroxyl groups is 1. The number of amides is 2. The van der Waals surface area contributed by atoms with E-state index in [9.17, 15) is 4.79 Å². The van der Waals surface area contributed by atoms with Crippen molar-refractivity contribution in [2.45, 2.75) is 31.4 Å². The van der Waals surface area contributed by atoms with Crippen molar-refractivity contribution in [3.05, 3.63) is 24.3 Å². The number of hydrogen-bond donors (Lipinski definition) is 3. The van der Waals surface area contributed by atoms with E-state index in [1.807, 2.05) is 0 Å². The maximum Gasteiger partial charge on any atom is 0.312 e. The second-order valence-electron chi connectivity index (χ2n) is 4.25. The molecular weight excluding hydrogens is 220 g/mol. The number of phenolic OH excluding ortho intramolecular Hbond substituents is 1. The second kappa shape index (κ2) is 4.95. The summed E-state index contributed by atoms with van der Waals surface area (Å²) in [6.07, 6.45) is 2.64. The highest BCUT2D eigenvalue weighted by molar-refractivity contribution is 5.72. The molecular formula is C12H20N2O3. The summed E-state index contributed by atoms with van der Waals surface area (Å²) in [5.74, 6) is 0.949. The Kier molecular flexibility index (Phi) is 3.37. The maximum atomic E-state index is 10.7. The number of rotatable bonds is 3.